The molecular weight excluding hydrogens is 374 g/mol. The van der Waals surface area contributed by atoms with E-state index in [2.05, 4.69) is 5.16 Å². The van der Waals surface area contributed by atoms with Gasteiger partial charge in [0.2, 0.25) is 0 Å². The number of rotatable bonds is 7. The highest BCUT2D eigenvalue weighted by Gasteiger charge is 2.33. The van der Waals surface area contributed by atoms with Crippen molar-refractivity contribution in [3.05, 3.63) is 82.7 Å². The van der Waals surface area contributed by atoms with Crippen molar-refractivity contribution in [2.24, 2.45) is 0 Å². The third-order valence-electron chi connectivity index (χ3n) is 5.07. The van der Waals surface area contributed by atoms with Gasteiger partial charge in [-0.15, -0.1) is 0 Å². The Morgan fingerprint density at radius 1 is 1.07 bits per heavy atom. The number of nitrogens with zero attached hydrogens (tertiary/aromatic N) is 1. The van der Waals surface area contributed by atoms with E-state index in [0.717, 1.165) is 24.0 Å². The van der Waals surface area contributed by atoms with Gasteiger partial charge in [-0.25, -0.2) is 8.42 Å². The molecule has 3 aromatic rings. The molecule has 0 N–H and O–H groups in total. The average molecular weight is 395 g/mol. The van der Waals surface area contributed by atoms with E-state index in [-0.39, 0.29) is 16.6 Å². The fraction of sp³-hybridized carbons (Fsp3) is 0.273. The molecule has 5 nitrogen and oxygen atoms in total. The molecule has 1 aromatic heterocycles. The fourth-order valence-corrected chi connectivity index (χ4v) is 4.03. The molecule has 0 radical (unpaired) electrons. The van der Waals surface area contributed by atoms with E-state index in [1.807, 2.05) is 30.3 Å². The number of carbonyl (C=O) groups excluding carboxylic acids is 1. The summed E-state index contributed by atoms with van der Waals surface area (Å²) >= 11 is 0. The van der Waals surface area contributed by atoms with Crippen LogP contribution in [0.5, 0.6) is 0 Å². The maximum atomic E-state index is 13.2. The van der Waals surface area contributed by atoms with Crippen LogP contribution in [-0.4, -0.2) is 25.6 Å². The second-order valence-electron chi connectivity index (χ2n) is 7.28. The molecule has 0 atom stereocenters. The maximum absolute atomic E-state index is 13.2. The molecule has 1 fully saturated rings. The van der Waals surface area contributed by atoms with Crippen LogP contribution in [0.25, 0.3) is 0 Å². The second kappa shape index (κ2) is 7.36. The number of aryl methyl sites for hydroxylation is 2. The first kappa shape index (κ1) is 18.6. The first-order valence-electron chi connectivity index (χ1n) is 9.29. The van der Waals surface area contributed by atoms with E-state index in [0.29, 0.717) is 29.7 Å². The van der Waals surface area contributed by atoms with E-state index in [1.54, 1.807) is 12.1 Å². The number of aromatic nitrogens is 1. The molecule has 1 heterocycles. The fourth-order valence-electron chi connectivity index (χ4n) is 3.36. The van der Waals surface area contributed by atoms with E-state index >= 15 is 0 Å². The molecule has 0 bridgehead atoms. The summed E-state index contributed by atoms with van der Waals surface area (Å²) in [6.07, 6.45) is 5.94. The molecule has 1 saturated carbocycles. The molecule has 1 aliphatic carbocycles. The lowest BCUT2D eigenvalue weighted by Crippen LogP contribution is -2.09. The van der Waals surface area contributed by atoms with Gasteiger partial charge >= 0.3 is 0 Å². The molecule has 4 rings (SSSR count). The van der Waals surface area contributed by atoms with Crippen molar-refractivity contribution in [2.45, 2.75) is 36.5 Å². The number of sulfone groups is 1. The van der Waals surface area contributed by atoms with Crippen LogP contribution in [0.3, 0.4) is 0 Å². The smallest absolute Gasteiger partial charge is 0.198 e. The molecule has 144 valence electrons. The third kappa shape index (κ3) is 3.92. The van der Waals surface area contributed by atoms with Crippen LogP contribution < -0.4 is 0 Å². The van der Waals surface area contributed by atoms with Gasteiger partial charge in [0.25, 0.3) is 0 Å². The minimum absolute atomic E-state index is 0.161. The Bertz CT molecular complexity index is 1110. The highest BCUT2D eigenvalue weighted by atomic mass is 32.2. The summed E-state index contributed by atoms with van der Waals surface area (Å²) in [5.41, 5.74) is 2.85. The summed E-state index contributed by atoms with van der Waals surface area (Å²) in [5, 5.41) is 3.82. The predicted octanol–water partition coefficient (Wildman–Crippen LogP) is 3.97. The summed E-state index contributed by atoms with van der Waals surface area (Å²) in [6, 6.07) is 14.7. The van der Waals surface area contributed by atoms with E-state index in [1.165, 1.54) is 18.5 Å². The molecule has 1 aliphatic rings. The first-order chi connectivity index (χ1) is 13.4. The van der Waals surface area contributed by atoms with Crippen molar-refractivity contribution >= 4 is 15.6 Å². The summed E-state index contributed by atoms with van der Waals surface area (Å²) < 4.78 is 29.3. The Morgan fingerprint density at radius 3 is 2.50 bits per heavy atom. The molecule has 0 aliphatic heterocycles. The zero-order chi connectivity index (χ0) is 19.7. The lowest BCUT2D eigenvalue weighted by Gasteiger charge is -2.11. The summed E-state index contributed by atoms with van der Waals surface area (Å²) in [7, 11) is -3.36. The Kier molecular flexibility index (Phi) is 4.89. The van der Waals surface area contributed by atoms with Gasteiger partial charge in [-0.3, -0.25) is 4.79 Å². The van der Waals surface area contributed by atoms with Gasteiger partial charge in [-0.2, -0.15) is 0 Å². The third-order valence-corrected chi connectivity index (χ3v) is 6.18. The normalized spacial score (nSPS) is 14.2. The van der Waals surface area contributed by atoms with Gasteiger partial charge in [-0.1, -0.05) is 35.5 Å². The predicted molar refractivity (Wildman–Crippen MR) is 105 cm³/mol. The van der Waals surface area contributed by atoms with Crippen LogP contribution in [0.2, 0.25) is 0 Å². The Labute approximate surface area is 164 Å². The zero-order valence-electron chi connectivity index (χ0n) is 15.6. The van der Waals surface area contributed by atoms with Crippen LogP contribution >= 0.6 is 0 Å². The van der Waals surface area contributed by atoms with Gasteiger partial charge < -0.3 is 4.52 Å². The monoisotopic (exact) mass is 395 g/mol. The average Bonchev–Trinajstić information content (AvgIpc) is 3.42. The van der Waals surface area contributed by atoms with Gasteiger partial charge in [-0.05, 0) is 55.0 Å². The van der Waals surface area contributed by atoms with Gasteiger partial charge in [0.05, 0.1) is 16.7 Å². The zero-order valence-corrected chi connectivity index (χ0v) is 16.4. The van der Waals surface area contributed by atoms with Crippen molar-refractivity contribution < 1.29 is 17.7 Å². The highest BCUT2D eigenvalue weighted by molar-refractivity contribution is 7.90. The largest absolute Gasteiger partial charge is 0.360 e. The van der Waals surface area contributed by atoms with Crippen LogP contribution in [-0.2, 0) is 22.7 Å². The van der Waals surface area contributed by atoms with Crippen LogP contribution in [0.1, 0.15) is 51.6 Å². The molecule has 0 amide bonds. The maximum Gasteiger partial charge on any atom is 0.198 e. The quantitative estimate of drug-likeness (QED) is 0.566. The molecule has 0 saturated heterocycles. The van der Waals surface area contributed by atoms with Crippen LogP contribution in [0, 0.1) is 0 Å². The van der Waals surface area contributed by atoms with Crippen molar-refractivity contribution in [1.29, 1.82) is 0 Å². The lowest BCUT2D eigenvalue weighted by molar-refractivity contribution is 0.103. The molecular formula is C22H21NO4S. The minimum Gasteiger partial charge on any atom is -0.360 e. The Hall–Kier alpha value is -2.73. The number of hydrogen-bond acceptors (Lipinski definition) is 5. The SMILES string of the molecule is CS(=O)(=O)c1ccc(C(=O)c2cnoc2C2CC2)c(CCc2ccccc2)c1. The summed E-state index contributed by atoms with van der Waals surface area (Å²) in [6.45, 7) is 0. The number of ketones is 1. The van der Waals surface area contributed by atoms with Gasteiger partial charge in [0.15, 0.2) is 21.4 Å². The highest BCUT2D eigenvalue weighted by Crippen LogP contribution is 2.42. The first-order valence-corrected chi connectivity index (χ1v) is 11.2. The number of benzene rings is 2. The molecule has 2 aromatic carbocycles. The number of hydrogen-bond donors (Lipinski definition) is 0. The molecule has 28 heavy (non-hydrogen) atoms. The van der Waals surface area contributed by atoms with Crippen LogP contribution in [0.4, 0.5) is 0 Å². The van der Waals surface area contributed by atoms with E-state index in [4.69, 9.17) is 4.52 Å². The summed E-state index contributed by atoms with van der Waals surface area (Å²) in [5.74, 6) is 0.752. The summed E-state index contributed by atoms with van der Waals surface area (Å²) in [4.78, 5) is 13.4. The van der Waals surface area contributed by atoms with Crippen LogP contribution in [0.15, 0.2) is 64.1 Å². The minimum atomic E-state index is -3.36. The molecule has 0 unspecified atom stereocenters. The second-order valence-corrected chi connectivity index (χ2v) is 9.30. The standard InChI is InChI=1S/C22H21NO4S/c1-28(25,26)18-11-12-19(17(13-18)8-7-15-5-3-2-4-6-15)21(24)20-14-23-27-22(20)16-9-10-16/h2-6,11-14,16H,7-10H2,1H3. The topological polar surface area (TPSA) is 77.2 Å². The number of carbonyl (C=O) groups is 1. The van der Waals surface area contributed by atoms with E-state index in [9.17, 15) is 13.2 Å². The van der Waals surface area contributed by atoms with Crippen molar-refractivity contribution in [3.8, 4) is 0 Å². The van der Waals surface area contributed by atoms with Gasteiger partial charge in [0.1, 0.15) is 0 Å². The van der Waals surface area contributed by atoms with Crippen molar-refractivity contribution in [3.63, 3.8) is 0 Å². The Balaban J connectivity index is 1.70. The molecule has 6 heteroatoms. The lowest BCUT2D eigenvalue weighted by atomic mass is 9.94. The van der Waals surface area contributed by atoms with Crippen molar-refractivity contribution in [1.82, 2.24) is 5.16 Å². The molecule has 0 spiro atoms. The van der Waals surface area contributed by atoms with Gasteiger partial charge in [0, 0.05) is 17.7 Å². The van der Waals surface area contributed by atoms with E-state index < -0.39 is 9.84 Å². The Morgan fingerprint density at radius 2 is 1.82 bits per heavy atom. The van der Waals surface area contributed by atoms with Crippen molar-refractivity contribution in [2.75, 3.05) is 6.26 Å².